The molecule has 0 atom stereocenters. The maximum atomic E-state index is 12.8. The second-order valence-electron chi connectivity index (χ2n) is 6.55. The number of nitrogen functional groups attached to an aromatic ring is 1. The number of nitriles is 1. The smallest absolute Gasteiger partial charge is 0.267 e. The SMILES string of the molecule is N#Cc1c(Nc2ccccc2)sc(C(=O)Nc2ccc(Oc3ccccc3)cc2)c1N. The standard InChI is InChI=1S/C24H18N4O2S/c25-15-20-21(26)22(31-24(20)28-16-7-3-1-4-8-16)23(29)27-17-11-13-19(14-12-17)30-18-9-5-2-6-10-18/h1-14,28H,26H2,(H,27,29). The molecule has 1 heterocycles. The first-order valence-electron chi connectivity index (χ1n) is 9.43. The highest BCUT2D eigenvalue weighted by atomic mass is 32.1. The van der Waals surface area contributed by atoms with E-state index in [0.29, 0.717) is 16.4 Å². The third kappa shape index (κ3) is 4.66. The first kappa shape index (κ1) is 20.0. The summed E-state index contributed by atoms with van der Waals surface area (Å²) in [7, 11) is 0. The summed E-state index contributed by atoms with van der Waals surface area (Å²) in [5, 5.41) is 16.0. The van der Waals surface area contributed by atoms with E-state index in [1.54, 1.807) is 24.3 Å². The minimum absolute atomic E-state index is 0.160. The van der Waals surface area contributed by atoms with Crippen molar-refractivity contribution in [3.8, 4) is 17.6 Å². The summed E-state index contributed by atoms with van der Waals surface area (Å²) < 4.78 is 5.76. The van der Waals surface area contributed by atoms with Crippen LogP contribution >= 0.6 is 11.3 Å². The average Bonchev–Trinajstić information content (AvgIpc) is 3.11. The van der Waals surface area contributed by atoms with Gasteiger partial charge in [-0.2, -0.15) is 5.26 Å². The summed E-state index contributed by atoms with van der Waals surface area (Å²) in [6, 6.07) is 27.9. The lowest BCUT2D eigenvalue weighted by molar-refractivity contribution is 0.103. The number of thiophene rings is 1. The summed E-state index contributed by atoms with van der Waals surface area (Å²) in [4.78, 5) is 13.1. The van der Waals surface area contributed by atoms with Crippen LogP contribution in [0.15, 0.2) is 84.9 Å². The van der Waals surface area contributed by atoms with E-state index in [0.717, 1.165) is 22.8 Å². The maximum absolute atomic E-state index is 12.8. The summed E-state index contributed by atoms with van der Waals surface area (Å²) >= 11 is 1.14. The fraction of sp³-hybridized carbons (Fsp3) is 0. The number of amides is 1. The van der Waals surface area contributed by atoms with Gasteiger partial charge in [0.25, 0.3) is 5.91 Å². The zero-order valence-electron chi connectivity index (χ0n) is 16.3. The molecule has 1 aromatic heterocycles. The van der Waals surface area contributed by atoms with Gasteiger partial charge in [-0.1, -0.05) is 36.4 Å². The Morgan fingerprint density at radius 3 is 2.13 bits per heavy atom. The average molecular weight is 427 g/mol. The van der Waals surface area contributed by atoms with E-state index >= 15 is 0 Å². The van der Waals surface area contributed by atoms with E-state index in [1.807, 2.05) is 60.7 Å². The molecule has 0 aliphatic heterocycles. The third-order valence-electron chi connectivity index (χ3n) is 4.39. The number of hydrogen-bond acceptors (Lipinski definition) is 6. The Morgan fingerprint density at radius 1 is 0.871 bits per heavy atom. The van der Waals surface area contributed by atoms with Crippen LogP contribution in [0.3, 0.4) is 0 Å². The summed E-state index contributed by atoms with van der Waals surface area (Å²) in [5.74, 6) is 1.01. The molecule has 0 radical (unpaired) electrons. The number of carbonyl (C=O) groups is 1. The van der Waals surface area contributed by atoms with Crippen LogP contribution in [-0.4, -0.2) is 5.91 Å². The molecule has 4 aromatic rings. The van der Waals surface area contributed by atoms with Crippen molar-refractivity contribution in [2.75, 3.05) is 16.4 Å². The molecular weight excluding hydrogens is 408 g/mol. The summed E-state index contributed by atoms with van der Waals surface area (Å²) in [6.07, 6.45) is 0. The zero-order chi connectivity index (χ0) is 21.6. The molecule has 0 saturated carbocycles. The highest BCUT2D eigenvalue weighted by molar-refractivity contribution is 7.19. The van der Waals surface area contributed by atoms with Crippen molar-refractivity contribution >= 4 is 39.3 Å². The van der Waals surface area contributed by atoms with Gasteiger partial charge in [-0.15, -0.1) is 11.3 Å². The van der Waals surface area contributed by atoms with Gasteiger partial charge in [0.1, 0.15) is 33.0 Å². The Kier molecular flexibility index (Phi) is 5.83. The van der Waals surface area contributed by atoms with Crippen molar-refractivity contribution < 1.29 is 9.53 Å². The summed E-state index contributed by atoms with van der Waals surface area (Å²) in [6.45, 7) is 0. The molecule has 7 heteroatoms. The first-order chi connectivity index (χ1) is 15.1. The Morgan fingerprint density at radius 2 is 1.48 bits per heavy atom. The van der Waals surface area contributed by atoms with Crippen molar-refractivity contribution in [3.63, 3.8) is 0 Å². The molecular formula is C24H18N4O2S. The molecule has 6 nitrogen and oxygen atoms in total. The number of ether oxygens (including phenoxy) is 1. The van der Waals surface area contributed by atoms with Gasteiger partial charge >= 0.3 is 0 Å². The number of hydrogen-bond donors (Lipinski definition) is 3. The molecule has 1 amide bonds. The first-order valence-corrected chi connectivity index (χ1v) is 10.2. The number of rotatable bonds is 6. The topological polar surface area (TPSA) is 100 Å². The van der Waals surface area contributed by atoms with Gasteiger partial charge in [0, 0.05) is 11.4 Å². The van der Waals surface area contributed by atoms with Crippen LogP contribution in [0.2, 0.25) is 0 Å². The van der Waals surface area contributed by atoms with E-state index in [1.165, 1.54) is 0 Å². The van der Waals surface area contributed by atoms with Gasteiger partial charge in [-0.25, -0.2) is 0 Å². The molecule has 4 rings (SSSR count). The van der Waals surface area contributed by atoms with Crippen LogP contribution in [0.4, 0.5) is 22.1 Å². The Bertz CT molecular complexity index is 1230. The number of anilines is 4. The fourth-order valence-corrected chi connectivity index (χ4v) is 3.87. The van der Waals surface area contributed by atoms with Gasteiger partial charge in [-0.05, 0) is 48.5 Å². The fourth-order valence-electron chi connectivity index (χ4n) is 2.88. The Hall–Kier alpha value is -4.28. The number of para-hydroxylation sites is 2. The molecule has 31 heavy (non-hydrogen) atoms. The molecule has 0 spiro atoms. The quantitative estimate of drug-likeness (QED) is 0.352. The van der Waals surface area contributed by atoms with Gasteiger partial charge in [-0.3, -0.25) is 4.79 Å². The van der Waals surface area contributed by atoms with Gasteiger partial charge in [0.05, 0.1) is 5.69 Å². The Labute approximate surface area is 183 Å². The van der Waals surface area contributed by atoms with E-state index in [-0.39, 0.29) is 22.0 Å². The van der Waals surface area contributed by atoms with Crippen molar-refractivity contribution in [2.45, 2.75) is 0 Å². The van der Waals surface area contributed by atoms with E-state index < -0.39 is 0 Å². The van der Waals surface area contributed by atoms with Crippen LogP contribution in [0, 0.1) is 11.3 Å². The number of benzene rings is 3. The molecule has 0 bridgehead atoms. The predicted molar refractivity (Wildman–Crippen MR) is 124 cm³/mol. The molecule has 0 aliphatic rings. The zero-order valence-corrected chi connectivity index (χ0v) is 17.1. The largest absolute Gasteiger partial charge is 0.457 e. The van der Waals surface area contributed by atoms with Gasteiger partial charge in [0.15, 0.2) is 0 Å². The van der Waals surface area contributed by atoms with Crippen LogP contribution in [-0.2, 0) is 0 Å². The van der Waals surface area contributed by atoms with E-state index in [4.69, 9.17) is 10.5 Å². The molecule has 0 aliphatic carbocycles. The minimum atomic E-state index is -0.378. The van der Waals surface area contributed by atoms with Crippen molar-refractivity contribution in [2.24, 2.45) is 0 Å². The number of nitrogens with two attached hydrogens (primary N) is 1. The van der Waals surface area contributed by atoms with Crippen LogP contribution in [0.25, 0.3) is 0 Å². The maximum Gasteiger partial charge on any atom is 0.267 e. The van der Waals surface area contributed by atoms with Crippen LogP contribution < -0.4 is 21.1 Å². The molecule has 0 unspecified atom stereocenters. The van der Waals surface area contributed by atoms with Crippen molar-refractivity contribution in [3.05, 3.63) is 95.4 Å². The second kappa shape index (κ2) is 9.03. The Balaban J connectivity index is 1.49. The lowest BCUT2D eigenvalue weighted by Crippen LogP contribution is -2.12. The normalized spacial score (nSPS) is 10.2. The molecule has 0 saturated heterocycles. The molecule has 0 fully saturated rings. The summed E-state index contributed by atoms with van der Waals surface area (Å²) in [5.41, 5.74) is 7.91. The van der Waals surface area contributed by atoms with E-state index in [9.17, 15) is 10.1 Å². The number of carbonyl (C=O) groups excluding carboxylic acids is 1. The highest BCUT2D eigenvalue weighted by Gasteiger charge is 2.21. The molecule has 3 aromatic carbocycles. The number of nitrogens with zero attached hydrogens (tertiary/aromatic N) is 1. The third-order valence-corrected chi connectivity index (χ3v) is 5.51. The highest BCUT2D eigenvalue weighted by Crippen LogP contribution is 2.37. The molecule has 4 N–H and O–H groups in total. The monoisotopic (exact) mass is 426 g/mol. The number of nitrogens with one attached hydrogen (secondary N) is 2. The lowest BCUT2D eigenvalue weighted by atomic mass is 10.2. The minimum Gasteiger partial charge on any atom is -0.457 e. The second-order valence-corrected chi connectivity index (χ2v) is 7.57. The predicted octanol–water partition coefficient (Wildman–Crippen LogP) is 5.99. The van der Waals surface area contributed by atoms with E-state index in [2.05, 4.69) is 16.7 Å². The lowest BCUT2D eigenvalue weighted by Gasteiger charge is -2.08. The van der Waals surface area contributed by atoms with Crippen LogP contribution in [0.5, 0.6) is 11.5 Å². The molecule has 152 valence electrons. The van der Waals surface area contributed by atoms with Crippen molar-refractivity contribution in [1.29, 1.82) is 5.26 Å². The van der Waals surface area contributed by atoms with Gasteiger partial charge in [0.2, 0.25) is 0 Å². The van der Waals surface area contributed by atoms with Crippen molar-refractivity contribution in [1.82, 2.24) is 0 Å². The van der Waals surface area contributed by atoms with Crippen LogP contribution in [0.1, 0.15) is 15.2 Å². The van der Waals surface area contributed by atoms with Gasteiger partial charge < -0.3 is 21.1 Å².